The summed E-state index contributed by atoms with van der Waals surface area (Å²) in [7, 11) is 0. The number of nitrogens with two attached hydrogens (primary N) is 1. The molecule has 15 heavy (non-hydrogen) atoms. The molecule has 2 unspecified atom stereocenters. The van der Waals surface area contributed by atoms with Gasteiger partial charge in [-0.1, -0.05) is 20.8 Å². The molecular weight excluding hydrogens is 184 g/mol. The molecule has 0 spiro atoms. The van der Waals surface area contributed by atoms with E-state index in [2.05, 4.69) is 39.5 Å². The Balaban J connectivity index is 2.20. The van der Waals surface area contributed by atoms with Crippen molar-refractivity contribution < 1.29 is 0 Å². The van der Waals surface area contributed by atoms with Gasteiger partial charge in [0.05, 0.1) is 0 Å². The van der Waals surface area contributed by atoms with Crippen LogP contribution in [0.15, 0.2) is 0 Å². The van der Waals surface area contributed by atoms with E-state index in [0.717, 1.165) is 18.6 Å². The van der Waals surface area contributed by atoms with E-state index >= 15 is 0 Å². The quantitative estimate of drug-likeness (QED) is 0.757. The molecule has 0 aromatic heterocycles. The second-order valence-electron chi connectivity index (χ2n) is 6.91. The maximum absolute atomic E-state index is 5.95. The SMILES string of the molecule is CC(C)N1C(C(C)(C)C)C[C@@]2(CN)CC12. The maximum atomic E-state index is 5.95. The number of hydrogen-bond donors (Lipinski definition) is 1. The van der Waals surface area contributed by atoms with Gasteiger partial charge in [-0.2, -0.15) is 0 Å². The fourth-order valence-corrected chi connectivity index (χ4v) is 3.45. The summed E-state index contributed by atoms with van der Waals surface area (Å²) in [5.74, 6) is 0. The van der Waals surface area contributed by atoms with Gasteiger partial charge in [-0.05, 0) is 38.6 Å². The van der Waals surface area contributed by atoms with Crippen molar-refractivity contribution in [1.29, 1.82) is 0 Å². The first-order chi connectivity index (χ1) is 6.82. The largest absolute Gasteiger partial charge is 0.330 e. The van der Waals surface area contributed by atoms with Gasteiger partial charge in [0.2, 0.25) is 0 Å². The first-order valence-corrected chi connectivity index (χ1v) is 6.29. The zero-order valence-corrected chi connectivity index (χ0v) is 10.9. The average molecular weight is 210 g/mol. The molecule has 2 aliphatic rings. The van der Waals surface area contributed by atoms with E-state index in [-0.39, 0.29) is 0 Å². The minimum absolute atomic E-state index is 0.389. The van der Waals surface area contributed by atoms with Gasteiger partial charge in [0, 0.05) is 23.5 Å². The normalized spacial score (nSPS) is 41.0. The van der Waals surface area contributed by atoms with Gasteiger partial charge in [0.15, 0.2) is 0 Å². The van der Waals surface area contributed by atoms with Gasteiger partial charge in [0.25, 0.3) is 0 Å². The van der Waals surface area contributed by atoms with Crippen LogP contribution in [-0.2, 0) is 0 Å². The second kappa shape index (κ2) is 3.21. The number of likely N-dealkylation sites (tertiary alicyclic amines) is 1. The van der Waals surface area contributed by atoms with E-state index < -0.39 is 0 Å². The van der Waals surface area contributed by atoms with Crippen molar-refractivity contribution in [2.24, 2.45) is 16.6 Å². The lowest BCUT2D eigenvalue weighted by atomic mass is 9.81. The molecule has 1 saturated carbocycles. The number of piperidine rings is 1. The Bertz CT molecular complexity index is 254. The standard InChI is InChI=1S/C13H26N2/c1-9(2)15-10(12(3,4)5)6-13(8-14)7-11(13)15/h9-11H,6-8,14H2,1-5H3/t10?,11?,13-/m0/s1. The van der Waals surface area contributed by atoms with Crippen molar-refractivity contribution in [2.75, 3.05) is 6.54 Å². The molecule has 0 amide bonds. The predicted molar refractivity (Wildman–Crippen MR) is 64.7 cm³/mol. The molecule has 2 nitrogen and oxygen atoms in total. The third kappa shape index (κ3) is 1.62. The number of rotatable bonds is 2. The van der Waals surface area contributed by atoms with Crippen LogP contribution in [0, 0.1) is 10.8 Å². The summed E-state index contributed by atoms with van der Waals surface area (Å²) >= 11 is 0. The van der Waals surface area contributed by atoms with Gasteiger partial charge in [0.1, 0.15) is 0 Å². The number of hydrogen-bond acceptors (Lipinski definition) is 2. The Morgan fingerprint density at radius 3 is 2.27 bits per heavy atom. The van der Waals surface area contributed by atoms with Crippen LogP contribution < -0.4 is 5.73 Å². The first-order valence-electron chi connectivity index (χ1n) is 6.29. The summed E-state index contributed by atoms with van der Waals surface area (Å²) < 4.78 is 0. The highest BCUT2D eigenvalue weighted by Gasteiger charge is 2.65. The van der Waals surface area contributed by atoms with Crippen LogP contribution in [0.25, 0.3) is 0 Å². The molecule has 1 aliphatic carbocycles. The van der Waals surface area contributed by atoms with Crippen molar-refractivity contribution in [3.63, 3.8) is 0 Å². The zero-order valence-electron chi connectivity index (χ0n) is 10.9. The summed E-state index contributed by atoms with van der Waals surface area (Å²) in [6.07, 6.45) is 2.66. The molecule has 1 aliphatic heterocycles. The van der Waals surface area contributed by atoms with Gasteiger partial charge in [-0.15, -0.1) is 0 Å². The first kappa shape index (κ1) is 11.4. The van der Waals surface area contributed by atoms with E-state index in [1.54, 1.807) is 0 Å². The van der Waals surface area contributed by atoms with Crippen molar-refractivity contribution in [2.45, 2.75) is 65.6 Å². The van der Waals surface area contributed by atoms with E-state index in [0.29, 0.717) is 16.9 Å². The Morgan fingerprint density at radius 1 is 1.33 bits per heavy atom. The van der Waals surface area contributed by atoms with Crippen LogP contribution in [0.4, 0.5) is 0 Å². The third-order valence-electron chi connectivity index (χ3n) is 4.47. The second-order valence-corrected chi connectivity index (χ2v) is 6.91. The fraction of sp³-hybridized carbons (Fsp3) is 1.00. The summed E-state index contributed by atoms with van der Waals surface area (Å²) in [5, 5.41) is 0. The van der Waals surface area contributed by atoms with Crippen molar-refractivity contribution in [3.05, 3.63) is 0 Å². The molecule has 1 saturated heterocycles. The molecule has 3 atom stereocenters. The molecule has 0 bridgehead atoms. The molecule has 0 aromatic carbocycles. The molecule has 0 radical (unpaired) electrons. The highest BCUT2D eigenvalue weighted by atomic mass is 15.3. The van der Waals surface area contributed by atoms with Crippen molar-refractivity contribution in [3.8, 4) is 0 Å². The lowest BCUT2D eigenvalue weighted by Crippen LogP contribution is -2.45. The average Bonchev–Trinajstić information content (AvgIpc) is 2.70. The maximum Gasteiger partial charge on any atom is 0.0177 e. The van der Waals surface area contributed by atoms with Crippen LogP contribution in [0.3, 0.4) is 0 Å². The van der Waals surface area contributed by atoms with E-state index in [1.807, 2.05) is 0 Å². The number of fused-ring (bicyclic) bond motifs is 1. The Labute approximate surface area is 94.2 Å². The van der Waals surface area contributed by atoms with Gasteiger partial charge >= 0.3 is 0 Å². The van der Waals surface area contributed by atoms with Crippen LogP contribution in [-0.4, -0.2) is 29.6 Å². The van der Waals surface area contributed by atoms with Gasteiger partial charge < -0.3 is 5.73 Å². The molecule has 0 aromatic rings. The van der Waals surface area contributed by atoms with Gasteiger partial charge in [-0.25, -0.2) is 0 Å². The Morgan fingerprint density at radius 2 is 1.93 bits per heavy atom. The molecule has 2 heteroatoms. The van der Waals surface area contributed by atoms with Crippen LogP contribution in [0.5, 0.6) is 0 Å². The highest BCUT2D eigenvalue weighted by molar-refractivity contribution is 5.19. The van der Waals surface area contributed by atoms with E-state index in [9.17, 15) is 0 Å². The molecule has 2 rings (SSSR count). The molecule has 1 heterocycles. The molecule has 2 fully saturated rings. The van der Waals surface area contributed by atoms with Crippen LogP contribution >= 0.6 is 0 Å². The zero-order chi connectivity index (χ0) is 11.4. The summed E-state index contributed by atoms with van der Waals surface area (Å²) in [6, 6.07) is 2.17. The highest BCUT2D eigenvalue weighted by Crippen LogP contribution is 2.61. The van der Waals surface area contributed by atoms with Crippen LogP contribution in [0.1, 0.15) is 47.5 Å². The van der Waals surface area contributed by atoms with Crippen molar-refractivity contribution >= 4 is 0 Å². The molecule has 2 N–H and O–H groups in total. The van der Waals surface area contributed by atoms with Crippen LogP contribution in [0.2, 0.25) is 0 Å². The summed E-state index contributed by atoms with van der Waals surface area (Å²) in [6.45, 7) is 12.6. The monoisotopic (exact) mass is 210 g/mol. The number of nitrogens with zero attached hydrogens (tertiary/aromatic N) is 1. The molecular formula is C13H26N2. The Kier molecular flexibility index (Phi) is 2.44. The molecule has 88 valence electrons. The summed E-state index contributed by atoms with van der Waals surface area (Å²) in [5.41, 5.74) is 6.83. The third-order valence-corrected chi connectivity index (χ3v) is 4.47. The topological polar surface area (TPSA) is 29.3 Å². The minimum Gasteiger partial charge on any atom is -0.330 e. The minimum atomic E-state index is 0.389. The Hall–Kier alpha value is -0.0800. The van der Waals surface area contributed by atoms with E-state index in [1.165, 1.54) is 12.8 Å². The van der Waals surface area contributed by atoms with E-state index in [4.69, 9.17) is 5.73 Å². The smallest absolute Gasteiger partial charge is 0.0177 e. The van der Waals surface area contributed by atoms with Crippen molar-refractivity contribution in [1.82, 2.24) is 4.90 Å². The summed E-state index contributed by atoms with van der Waals surface area (Å²) in [4.78, 5) is 2.73. The van der Waals surface area contributed by atoms with Gasteiger partial charge in [-0.3, -0.25) is 4.90 Å². The fourth-order valence-electron chi connectivity index (χ4n) is 3.45. The lowest BCUT2D eigenvalue weighted by molar-refractivity contribution is 0.0866. The predicted octanol–water partition coefficient (Wildman–Crippen LogP) is 2.23. The lowest BCUT2D eigenvalue weighted by Gasteiger charge is -2.39.